The van der Waals surface area contributed by atoms with Gasteiger partial charge in [-0.2, -0.15) is 0 Å². The first kappa shape index (κ1) is 17.7. The first-order valence-electron chi connectivity index (χ1n) is 9.72. The third-order valence-corrected chi connectivity index (χ3v) is 7.01. The van der Waals surface area contributed by atoms with Crippen molar-refractivity contribution in [3.8, 4) is 5.88 Å². The summed E-state index contributed by atoms with van der Waals surface area (Å²) in [4.78, 5) is 17.3. The van der Waals surface area contributed by atoms with Crippen LogP contribution in [-0.4, -0.2) is 23.0 Å². The van der Waals surface area contributed by atoms with Gasteiger partial charge in [0.1, 0.15) is 6.10 Å². The van der Waals surface area contributed by atoms with Gasteiger partial charge in [0.2, 0.25) is 11.8 Å². The van der Waals surface area contributed by atoms with Crippen LogP contribution in [-0.2, 0) is 11.2 Å². The van der Waals surface area contributed by atoms with Crippen LogP contribution in [0, 0.1) is 0 Å². The standard InChI is InChI=1S/C20H27N3O2S/c21-13-5-7-14(8-6-13)25-20-19-16(10-11-23-20)26-15-3-1-2-12(18(15)19)4-9-17(22)24/h10-14H,1-9,21H2,(H2,22,24)/t12-,13-,14-/m1/s1. The molecule has 0 unspecified atom stereocenters. The Balaban J connectivity index is 1.66. The summed E-state index contributed by atoms with van der Waals surface area (Å²) in [5, 5.41) is 1.18. The number of carbonyl (C=O) groups excluding carboxylic acids is 1. The number of amides is 1. The zero-order chi connectivity index (χ0) is 18.1. The summed E-state index contributed by atoms with van der Waals surface area (Å²) in [6, 6.07) is 2.40. The Morgan fingerprint density at radius 2 is 2.08 bits per heavy atom. The quantitative estimate of drug-likeness (QED) is 0.837. The SMILES string of the molecule is NC(=O)CC[C@H]1CCCc2sc3ccnc(O[C@H]4CC[C@H](N)CC4)c3c21. The van der Waals surface area contributed by atoms with Crippen LogP contribution in [0.25, 0.3) is 10.1 Å². The lowest BCUT2D eigenvalue weighted by Gasteiger charge is -2.27. The number of fused-ring (bicyclic) bond motifs is 3. The van der Waals surface area contributed by atoms with Crippen molar-refractivity contribution in [1.29, 1.82) is 0 Å². The van der Waals surface area contributed by atoms with E-state index in [9.17, 15) is 4.79 Å². The third kappa shape index (κ3) is 3.58. The number of hydrogen-bond donors (Lipinski definition) is 2. The van der Waals surface area contributed by atoms with E-state index in [1.165, 1.54) is 26.9 Å². The molecule has 0 spiro atoms. The second kappa shape index (κ2) is 7.53. The molecule has 2 aliphatic carbocycles. The molecule has 0 saturated heterocycles. The van der Waals surface area contributed by atoms with E-state index in [1.54, 1.807) is 0 Å². The second-order valence-electron chi connectivity index (χ2n) is 7.68. The molecule has 1 saturated carbocycles. The lowest BCUT2D eigenvalue weighted by molar-refractivity contribution is -0.118. The average molecular weight is 374 g/mol. The molecule has 2 aromatic rings. The topological polar surface area (TPSA) is 91.2 Å². The molecule has 0 radical (unpaired) electrons. The number of primary amides is 1. The molecule has 0 aromatic carbocycles. The number of pyridine rings is 1. The molecule has 5 nitrogen and oxygen atoms in total. The van der Waals surface area contributed by atoms with Gasteiger partial charge >= 0.3 is 0 Å². The largest absolute Gasteiger partial charge is 0.474 e. The van der Waals surface area contributed by atoms with E-state index in [4.69, 9.17) is 16.2 Å². The van der Waals surface area contributed by atoms with E-state index in [2.05, 4.69) is 11.1 Å². The number of aromatic nitrogens is 1. The fourth-order valence-electron chi connectivity index (χ4n) is 4.42. The van der Waals surface area contributed by atoms with Gasteiger partial charge in [-0.05, 0) is 68.9 Å². The maximum atomic E-state index is 11.3. The van der Waals surface area contributed by atoms with Crippen LogP contribution < -0.4 is 16.2 Å². The van der Waals surface area contributed by atoms with Crippen LogP contribution in [0.4, 0.5) is 0 Å². The molecule has 2 heterocycles. The first-order chi connectivity index (χ1) is 12.6. The van der Waals surface area contributed by atoms with Crippen LogP contribution in [0.1, 0.15) is 67.7 Å². The molecule has 2 aromatic heterocycles. The molecule has 6 heteroatoms. The number of thiophene rings is 1. The van der Waals surface area contributed by atoms with Crippen molar-refractivity contribution in [3.63, 3.8) is 0 Å². The van der Waals surface area contributed by atoms with Crippen molar-refractivity contribution >= 4 is 27.3 Å². The Bertz CT molecular complexity index is 796. The number of rotatable bonds is 5. The Hall–Kier alpha value is -1.66. The summed E-state index contributed by atoms with van der Waals surface area (Å²) >= 11 is 1.86. The van der Waals surface area contributed by atoms with Gasteiger partial charge in [-0.15, -0.1) is 11.3 Å². The molecule has 2 aliphatic rings. The smallest absolute Gasteiger partial charge is 0.222 e. The minimum absolute atomic E-state index is 0.205. The molecular weight excluding hydrogens is 346 g/mol. The van der Waals surface area contributed by atoms with E-state index in [0.29, 0.717) is 18.4 Å². The number of carbonyl (C=O) groups is 1. The monoisotopic (exact) mass is 373 g/mol. The molecule has 140 valence electrons. The highest BCUT2D eigenvalue weighted by atomic mass is 32.1. The van der Waals surface area contributed by atoms with E-state index in [-0.39, 0.29) is 12.0 Å². The van der Waals surface area contributed by atoms with Gasteiger partial charge in [-0.25, -0.2) is 4.98 Å². The lowest BCUT2D eigenvalue weighted by atomic mass is 9.83. The zero-order valence-electron chi connectivity index (χ0n) is 15.1. The van der Waals surface area contributed by atoms with Crippen molar-refractivity contribution in [1.82, 2.24) is 4.98 Å². The first-order valence-corrected chi connectivity index (χ1v) is 10.5. The molecule has 0 aliphatic heterocycles. The number of aryl methyl sites for hydroxylation is 1. The molecular formula is C20H27N3O2S. The average Bonchev–Trinajstić information content (AvgIpc) is 3.02. The van der Waals surface area contributed by atoms with Crippen molar-refractivity contribution < 1.29 is 9.53 Å². The summed E-state index contributed by atoms with van der Waals surface area (Å²) < 4.78 is 7.61. The van der Waals surface area contributed by atoms with Crippen LogP contribution in [0.2, 0.25) is 0 Å². The normalized spacial score (nSPS) is 25.8. The number of nitrogens with zero attached hydrogens (tertiary/aromatic N) is 1. The Labute approximate surface area is 158 Å². The molecule has 4 N–H and O–H groups in total. The van der Waals surface area contributed by atoms with Gasteiger partial charge in [0.25, 0.3) is 0 Å². The van der Waals surface area contributed by atoms with Crippen molar-refractivity contribution in [2.24, 2.45) is 11.5 Å². The molecule has 4 rings (SSSR count). The molecule has 1 fully saturated rings. The van der Waals surface area contributed by atoms with Gasteiger partial charge < -0.3 is 16.2 Å². The predicted octanol–water partition coefficient (Wildman–Crippen LogP) is 3.63. The van der Waals surface area contributed by atoms with Crippen molar-refractivity contribution in [3.05, 3.63) is 22.7 Å². The maximum Gasteiger partial charge on any atom is 0.222 e. The van der Waals surface area contributed by atoms with Gasteiger partial charge in [0, 0.05) is 28.2 Å². The summed E-state index contributed by atoms with van der Waals surface area (Å²) in [5.41, 5.74) is 12.8. The van der Waals surface area contributed by atoms with Crippen molar-refractivity contribution in [2.75, 3.05) is 0 Å². The number of hydrogen-bond acceptors (Lipinski definition) is 5. The highest BCUT2D eigenvalue weighted by Crippen LogP contribution is 2.47. The van der Waals surface area contributed by atoms with E-state index in [0.717, 1.165) is 50.8 Å². The Morgan fingerprint density at radius 1 is 1.27 bits per heavy atom. The van der Waals surface area contributed by atoms with Gasteiger partial charge in [0.15, 0.2) is 0 Å². The Kier molecular flexibility index (Phi) is 5.14. The highest BCUT2D eigenvalue weighted by molar-refractivity contribution is 7.19. The summed E-state index contributed by atoms with van der Waals surface area (Å²) in [7, 11) is 0. The van der Waals surface area contributed by atoms with E-state index < -0.39 is 0 Å². The summed E-state index contributed by atoms with van der Waals surface area (Å²) in [6.45, 7) is 0. The minimum Gasteiger partial charge on any atom is -0.474 e. The fourth-order valence-corrected chi connectivity index (χ4v) is 5.73. The fraction of sp³-hybridized carbons (Fsp3) is 0.600. The van der Waals surface area contributed by atoms with Gasteiger partial charge in [-0.1, -0.05) is 0 Å². The predicted molar refractivity (Wildman–Crippen MR) is 105 cm³/mol. The maximum absolute atomic E-state index is 11.3. The van der Waals surface area contributed by atoms with Gasteiger partial charge in [0.05, 0.1) is 5.39 Å². The van der Waals surface area contributed by atoms with Crippen LogP contribution in [0.3, 0.4) is 0 Å². The molecule has 1 amide bonds. The number of nitrogens with two attached hydrogens (primary N) is 2. The van der Waals surface area contributed by atoms with Gasteiger partial charge in [-0.3, -0.25) is 4.79 Å². The third-order valence-electron chi connectivity index (χ3n) is 5.78. The molecule has 0 bridgehead atoms. The summed E-state index contributed by atoms with van der Waals surface area (Å²) in [5.74, 6) is 0.933. The lowest BCUT2D eigenvalue weighted by Crippen LogP contribution is -2.31. The van der Waals surface area contributed by atoms with E-state index in [1.807, 2.05) is 17.5 Å². The number of ether oxygens (including phenoxy) is 1. The Morgan fingerprint density at radius 3 is 2.85 bits per heavy atom. The second-order valence-corrected chi connectivity index (χ2v) is 8.81. The molecule has 1 atom stereocenters. The van der Waals surface area contributed by atoms with Crippen LogP contribution >= 0.6 is 11.3 Å². The molecule has 26 heavy (non-hydrogen) atoms. The highest BCUT2D eigenvalue weighted by Gasteiger charge is 2.29. The zero-order valence-corrected chi connectivity index (χ0v) is 15.9. The van der Waals surface area contributed by atoms with Crippen molar-refractivity contribution in [2.45, 2.75) is 75.9 Å². The van der Waals surface area contributed by atoms with Crippen LogP contribution in [0.5, 0.6) is 5.88 Å². The summed E-state index contributed by atoms with van der Waals surface area (Å²) in [6.07, 6.45) is 10.7. The van der Waals surface area contributed by atoms with E-state index >= 15 is 0 Å². The van der Waals surface area contributed by atoms with Crippen LogP contribution in [0.15, 0.2) is 12.3 Å². The minimum atomic E-state index is -0.218.